The van der Waals surface area contributed by atoms with E-state index in [0.717, 1.165) is 6.07 Å². The van der Waals surface area contributed by atoms with Gasteiger partial charge in [0.1, 0.15) is 23.2 Å². The van der Waals surface area contributed by atoms with Crippen LogP contribution in [-0.4, -0.2) is 35.2 Å². The molecular formula is C20H20ClF3N4O3. The molecule has 2 N–H and O–H groups in total. The van der Waals surface area contributed by atoms with E-state index >= 15 is 0 Å². The number of rotatable bonds is 2. The third-order valence-electron chi connectivity index (χ3n) is 4.20. The Labute approximate surface area is 181 Å². The quantitative estimate of drug-likeness (QED) is 0.682. The highest BCUT2D eigenvalue weighted by Crippen LogP contribution is 2.39. The molecule has 1 aromatic heterocycles. The second-order valence-corrected chi connectivity index (χ2v) is 8.22. The fourth-order valence-corrected chi connectivity index (χ4v) is 3.16. The largest absolute Gasteiger partial charge is 0.444 e. The number of anilines is 3. The Bertz CT molecular complexity index is 1010. The number of halogens is 4. The number of alkyl carbamates (subject to hydrolysis) is 1. The van der Waals surface area contributed by atoms with Crippen molar-refractivity contribution in [1.29, 1.82) is 0 Å². The number of amides is 2. The molecule has 7 nitrogen and oxygen atoms in total. The predicted molar refractivity (Wildman–Crippen MR) is 109 cm³/mol. The summed E-state index contributed by atoms with van der Waals surface area (Å²) in [6.45, 7) is 4.78. The molecule has 1 unspecified atom stereocenters. The van der Waals surface area contributed by atoms with Gasteiger partial charge in [-0.15, -0.1) is 0 Å². The second-order valence-electron chi connectivity index (χ2n) is 7.81. The van der Waals surface area contributed by atoms with E-state index in [4.69, 9.17) is 16.3 Å². The third-order valence-corrected chi connectivity index (χ3v) is 4.52. The predicted octanol–water partition coefficient (Wildman–Crippen LogP) is 4.74. The fraction of sp³-hybridized carbons (Fsp3) is 0.350. The van der Waals surface area contributed by atoms with E-state index in [9.17, 15) is 22.8 Å². The molecule has 0 aliphatic carbocycles. The van der Waals surface area contributed by atoms with Gasteiger partial charge in [-0.2, -0.15) is 13.2 Å². The summed E-state index contributed by atoms with van der Waals surface area (Å²) in [5.41, 5.74) is -1.36. The summed E-state index contributed by atoms with van der Waals surface area (Å²) >= 11 is 6.22. The Morgan fingerprint density at radius 1 is 1.23 bits per heavy atom. The lowest BCUT2D eigenvalue weighted by molar-refractivity contribution is -0.141. The van der Waals surface area contributed by atoms with Gasteiger partial charge in [0.15, 0.2) is 0 Å². The zero-order valence-electron chi connectivity index (χ0n) is 16.9. The Balaban J connectivity index is 2.02. The number of ether oxygens (including phenoxy) is 1. The fourth-order valence-electron chi connectivity index (χ4n) is 2.94. The van der Waals surface area contributed by atoms with Crippen LogP contribution in [0.3, 0.4) is 0 Å². The van der Waals surface area contributed by atoms with E-state index < -0.39 is 35.5 Å². The molecule has 0 spiro atoms. The van der Waals surface area contributed by atoms with Gasteiger partial charge >= 0.3 is 12.3 Å². The van der Waals surface area contributed by atoms with Crippen molar-refractivity contribution in [2.75, 3.05) is 16.8 Å². The molecule has 3 rings (SSSR count). The lowest BCUT2D eigenvalue weighted by atomic mass is 10.2. The smallest absolute Gasteiger partial charge is 0.433 e. The SMILES string of the molecule is CC(C)(C)OC(=O)NC1CN(c2cccc(C(F)(F)F)n2)c2cccc(Cl)c2NC1=O. The van der Waals surface area contributed by atoms with Gasteiger partial charge in [0.25, 0.3) is 0 Å². The van der Waals surface area contributed by atoms with E-state index in [1.54, 1.807) is 32.9 Å². The molecule has 0 radical (unpaired) electrons. The van der Waals surface area contributed by atoms with Crippen LogP contribution in [-0.2, 0) is 15.7 Å². The maximum atomic E-state index is 13.2. The van der Waals surface area contributed by atoms with Crippen LogP contribution in [0.15, 0.2) is 36.4 Å². The number of pyridine rings is 1. The van der Waals surface area contributed by atoms with Gasteiger partial charge in [-0.1, -0.05) is 23.7 Å². The van der Waals surface area contributed by atoms with Crippen LogP contribution in [0.25, 0.3) is 0 Å². The summed E-state index contributed by atoms with van der Waals surface area (Å²) < 4.78 is 44.8. The number of carbonyl (C=O) groups excluding carboxylic acids is 2. The van der Waals surface area contributed by atoms with Gasteiger partial charge < -0.3 is 20.3 Å². The highest BCUT2D eigenvalue weighted by atomic mass is 35.5. The molecule has 2 amide bonds. The summed E-state index contributed by atoms with van der Waals surface area (Å²) in [7, 11) is 0. The maximum absolute atomic E-state index is 13.2. The van der Waals surface area contributed by atoms with Gasteiger partial charge in [0.2, 0.25) is 5.91 Å². The lowest BCUT2D eigenvalue weighted by Gasteiger charge is -2.27. The number of para-hydroxylation sites is 1. The summed E-state index contributed by atoms with van der Waals surface area (Å²) in [6, 6.07) is 6.98. The number of hydrogen-bond donors (Lipinski definition) is 2. The minimum atomic E-state index is -4.65. The van der Waals surface area contributed by atoms with E-state index in [1.807, 2.05) is 0 Å². The molecule has 1 aromatic carbocycles. The summed E-state index contributed by atoms with van der Waals surface area (Å²) in [6.07, 6.45) is -5.50. The number of hydrogen-bond acceptors (Lipinski definition) is 5. The molecule has 1 aliphatic heterocycles. The molecular weight excluding hydrogens is 437 g/mol. The van der Waals surface area contributed by atoms with E-state index in [0.29, 0.717) is 5.69 Å². The van der Waals surface area contributed by atoms with Crippen LogP contribution in [0, 0.1) is 0 Å². The first-order valence-corrected chi connectivity index (χ1v) is 9.63. The summed E-state index contributed by atoms with van der Waals surface area (Å²) in [5, 5.41) is 5.26. The first-order chi connectivity index (χ1) is 14.3. The number of nitrogens with one attached hydrogen (secondary N) is 2. The van der Waals surface area contributed by atoms with Crippen molar-refractivity contribution in [3.63, 3.8) is 0 Å². The zero-order valence-corrected chi connectivity index (χ0v) is 17.6. The zero-order chi connectivity index (χ0) is 23.0. The van der Waals surface area contributed by atoms with Crippen molar-refractivity contribution in [3.8, 4) is 0 Å². The molecule has 31 heavy (non-hydrogen) atoms. The number of fused-ring (bicyclic) bond motifs is 1. The molecule has 0 saturated carbocycles. The lowest BCUT2D eigenvalue weighted by Crippen LogP contribution is -2.49. The van der Waals surface area contributed by atoms with Crippen LogP contribution in [0.2, 0.25) is 5.02 Å². The van der Waals surface area contributed by atoms with Crippen LogP contribution in [0.1, 0.15) is 26.5 Å². The van der Waals surface area contributed by atoms with Gasteiger partial charge in [-0.25, -0.2) is 9.78 Å². The van der Waals surface area contributed by atoms with Gasteiger partial charge in [0.05, 0.1) is 22.9 Å². The van der Waals surface area contributed by atoms with Crippen molar-refractivity contribution in [2.24, 2.45) is 0 Å². The highest BCUT2D eigenvalue weighted by Gasteiger charge is 2.35. The Hall–Kier alpha value is -3.01. The van der Waals surface area contributed by atoms with Gasteiger partial charge in [-0.3, -0.25) is 4.79 Å². The first kappa shape index (κ1) is 22.7. The Morgan fingerprint density at radius 2 is 1.90 bits per heavy atom. The Morgan fingerprint density at radius 3 is 2.55 bits per heavy atom. The maximum Gasteiger partial charge on any atom is 0.433 e. The van der Waals surface area contributed by atoms with Crippen LogP contribution >= 0.6 is 11.6 Å². The minimum Gasteiger partial charge on any atom is -0.444 e. The topological polar surface area (TPSA) is 83.6 Å². The number of carbonyl (C=O) groups is 2. The van der Waals surface area contributed by atoms with Crippen molar-refractivity contribution >= 4 is 40.8 Å². The standard InChI is InChI=1S/C20H20ClF3N4O3/c1-19(2,3)31-18(30)25-12-10-28(15-9-5-8-14(26-15)20(22,23)24)13-7-4-6-11(21)16(13)27-17(12)29/h4-9,12H,10H2,1-3H3,(H,25,30)(H,27,29). The summed E-state index contributed by atoms with van der Waals surface area (Å²) in [5.74, 6) is -0.666. The molecule has 0 bridgehead atoms. The van der Waals surface area contributed by atoms with Crippen LogP contribution in [0.5, 0.6) is 0 Å². The molecule has 1 aliphatic rings. The van der Waals surface area contributed by atoms with Crippen molar-refractivity contribution in [2.45, 2.75) is 38.6 Å². The first-order valence-electron chi connectivity index (χ1n) is 9.26. The normalized spacial score (nSPS) is 16.8. The Kier molecular flexibility index (Phi) is 6.04. The van der Waals surface area contributed by atoms with Crippen molar-refractivity contribution < 1.29 is 27.5 Å². The monoisotopic (exact) mass is 456 g/mol. The highest BCUT2D eigenvalue weighted by molar-refractivity contribution is 6.34. The van der Waals surface area contributed by atoms with E-state index in [1.165, 1.54) is 23.1 Å². The number of benzene rings is 1. The van der Waals surface area contributed by atoms with Gasteiger partial charge in [0, 0.05) is 0 Å². The molecule has 0 fully saturated rings. The third kappa shape index (κ3) is 5.38. The van der Waals surface area contributed by atoms with Crippen molar-refractivity contribution in [3.05, 3.63) is 47.1 Å². The second kappa shape index (κ2) is 8.26. The van der Waals surface area contributed by atoms with E-state index in [-0.39, 0.29) is 23.1 Å². The number of nitrogens with zero attached hydrogens (tertiary/aromatic N) is 2. The van der Waals surface area contributed by atoms with Crippen LogP contribution in [0.4, 0.5) is 35.2 Å². The molecule has 1 atom stereocenters. The van der Waals surface area contributed by atoms with Crippen LogP contribution < -0.4 is 15.5 Å². The van der Waals surface area contributed by atoms with Crippen molar-refractivity contribution in [1.82, 2.24) is 10.3 Å². The molecule has 2 aromatic rings. The van der Waals surface area contributed by atoms with E-state index in [2.05, 4.69) is 15.6 Å². The molecule has 0 saturated heterocycles. The number of alkyl halides is 3. The molecule has 166 valence electrons. The minimum absolute atomic E-state index is 0.0640. The van der Waals surface area contributed by atoms with Gasteiger partial charge in [-0.05, 0) is 45.0 Å². The molecule has 2 heterocycles. The molecule has 11 heteroatoms. The average Bonchev–Trinajstić information content (AvgIpc) is 2.78. The summed E-state index contributed by atoms with van der Waals surface area (Å²) in [4.78, 5) is 30.1. The number of aromatic nitrogens is 1. The average molecular weight is 457 g/mol.